The molecule has 1 amide bonds. The van der Waals surface area contributed by atoms with E-state index in [1.807, 2.05) is 0 Å². The average Bonchev–Trinajstić information content (AvgIpc) is 2.72. The minimum absolute atomic E-state index is 0.00472. The predicted molar refractivity (Wildman–Crippen MR) is 75.6 cm³/mol. The highest BCUT2D eigenvalue weighted by molar-refractivity contribution is 7.91. The zero-order valence-electron chi connectivity index (χ0n) is 11.3. The fraction of sp³-hybridized carbons (Fsp3) is 0.833. The Balaban J connectivity index is 2.45. The monoisotopic (exact) mass is 325 g/mol. The quantitative estimate of drug-likeness (QED) is 0.528. The third kappa shape index (κ3) is 5.66. The Morgan fingerprint density at radius 2 is 1.95 bits per heavy atom. The molecule has 1 saturated heterocycles. The third-order valence-corrected chi connectivity index (χ3v) is 5.35. The highest BCUT2D eigenvalue weighted by atomic mass is 35.5. The van der Waals surface area contributed by atoms with Gasteiger partial charge in [0.2, 0.25) is 5.91 Å². The van der Waals surface area contributed by atoms with E-state index in [-0.39, 0.29) is 35.8 Å². The molecule has 116 valence electrons. The molecule has 0 aromatic rings. The number of alkyl halides is 1. The van der Waals surface area contributed by atoms with Gasteiger partial charge in [0, 0.05) is 19.0 Å². The first-order valence-electron chi connectivity index (χ1n) is 6.63. The molecule has 1 atom stereocenters. The molecule has 1 unspecified atom stereocenters. The number of hydrogen-bond acceptors (Lipinski definition) is 4. The number of rotatable bonds is 8. The van der Waals surface area contributed by atoms with Gasteiger partial charge in [-0.05, 0) is 19.3 Å². The van der Waals surface area contributed by atoms with Gasteiger partial charge < -0.3 is 10.0 Å². The SMILES string of the molecule is O=C(O)CCCCCN(C(=O)CCl)C1CCS(=O)(=O)C1. The molecular weight excluding hydrogens is 306 g/mol. The van der Waals surface area contributed by atoms with Crippen molar-refractivity contribution in [3.8, 4) is 0 Å². The number of aliphatic carboxylic acids is 1. The summed E-state index contributed by atoms with van der Waals surface area (Å²) in [6.45, 7) is 0.436. The van der Waals surface area contributed by atoms with Crippen LogP contribution in [-0.2, 0) is 19.4 Å². The van der Waals surface area contributed by atoms with Crippen LogP contribution in [0.4, 0.5) is 0 Å². The lowest BCUT2D eigenvalue weighted by Gasteiger charge is -2.27. The Labute approximate surface area is 124 Å². The molecule has 6 nitrogen and oxygen atoms in total. The van der Waals surface area contributed by atoms with Gasteiger partial charge in [-0.2, -0.15) is 0 Å². The summed E-state index contributed by atoms with van der Waals surface area (Å²) < 4.78 is 22.9. The first-order valence-corrected chi connectivity index (χ1v) is 8.99. The second-order valence-electron chi connectivity index (χ2n) is 4.98. The van der Waals surface area contributed by atoms with Gasteiger partial charge in [0.15, 0.2) is 9.84 Å². The van der Waals surface area contributed by atoms with Crippen molar-refractivity contribution >= 4 is 33.3 Å². The van der Waals surface area contributed by atoms with Crippen molar-refractivity contribution in [2.24, 2.45) is 0 Å². The van der Waals surface area contributed by atoms with E-state index < -0.39 is 15.8 Å². The standard InChI is InChI=1S/C12H20ClNO5S/c13-8-11(15)14(6-3-1-2-4-12(16)17)10-5-7-20(18,19)9-10/h10H,1-9H2,(H,16,17). The van der Waals surface area contributed by atoms with Crippen molar-refractivity contribution in [3.05, 3.63) is 0 Å². The fourth-order valence-electron chi connectivity index (χ4n) is 2.34. The van der Waals surface area contributed by atoms with Crippen molar-refractivity contribution in [1.29, 1.82) is 0 Å². The van der Waals surface area contributed by atoms with Crippen LogP contribution < -0.4 is 0 Å². The molecule has 20 heavy (non-hydrogen) atoms. The van der Waals surface area contributed by atoms with E-state index in [1.165, 1.54) is 4.90 Å². The number of sulfone groups is 1. The number of halogens is 1. The van der Waals surface area contributed by atoms with E-state index in [1.54, 1.807) is 0 Å². The number of nitrogens with zero attached hydrogens (tertiary/aromatic N) is 1. The Kier molecular flexibility index (Phi) is 6.75. The molecule has 0 aliphatic carbocycles. The maximum atomic E-state index is 11.8. The Morgan fingerprint density at radius 1 is 1.25 bits per heavy atom. The summed E-state index contributed by atoms with van der Waals surface area (Å²) in [5, 5.41) is 8.53. The number of carboxylic acids is 1. The van der Waals surface area contributed by atoms with E-state index in [0.29, 0.717) is 32.2 Å². The summed E-state index contributed by atoms with van der Waals surface area (Å²) in [4.78, 5) is 23.7. The molecular formula is C12H20ClNO5S. The van der Waals surface area contributed by atoms with E-state index in [9.17, 15) is 18.0 Å². The molecule has 1 heterocycles. The summed E-state index contributed by atoms with van der Waals surface area (Å²) in [6, 6.07) is -0.286. The summed E-state index contributed by atoms with van der Waals surface area (Å²) in [5.41, 5.74) is 0. The van der Waals surface area contributed by atoms with E-state index in [4.69, 9.17) is 16.7 Å². The maximum absolute atomic E-state index is 11.8. The van der Waals surface area contributed by atoms with Crippen LogP contribution in [0, 0.1) is 0 Å². The molecule has 0 saturated carbocycles. The molecule has 0 radical (unpaired) electrons. The Bertz CT molecular complexity index is 451. The van der Waals surface area contributed by atoms with Crippen LogP contribution in [0.15, 0.2) is 0 Å². The highest BCUT2D eigenvalue weighted by Crippen LogP contribution is 2.19. The normalized spacial score (nSPS) is 20.8. The van der Waals surface area contributed by atoms with Crippen LogP contribution in [0.5, 0.6) is 0 Å². The minimum atomic E-state index is -3.04. The summed E-state index contributed by atoms with van der Waals surface area (Å²) in [5.74, 6) is -1.13. The second kappa shape index (κ2) is 7.83. The van der Waals surface area contributed by atoms with E-state index >= 15 is 0 Å². The van der Waals surface area contributed by atoms with Crippen molar-refractivity contribution < 1.29 is 23.1 Å². The number of amides is 1. The van der Waals surface area contributed by atoms with Crippen molar-refractivity contribution in [2.75, 3.05) is 23.9 Å². The Hall–Kier alpha value is -0.820. The Morgan fingerprint density at radius 3 is 2.45 bits per heavy atom. The second-order valence-corrected chi connectivity index (χ2v) is 7.48. The summed E-state index contributed by atoms with van der Waals surface area (Å²) >= 11 is 5.56. The van der Waals surface area contributed by atoms with Gasteiger partial charge in [-0.25, -0.2) is 8.42 Å². The van der Waals surface area contributed by atoms with Gasteiger partial charge in [-0.3, -0.25) is 9.59 Å². The van der Waals surface area contributed by atoms with Crippen LogP contribution in [-0.4, -0.2) is 60.3 Å². The number of carbonyl (C=O) groups is 2. The van der Waals surface area contributed by atoms with Crippen molar-refractivity contribution in [1.82, 2.24) is 4.90 Å². The van der Waals surface area contributed by atoms with E-state index in [2.05, 4.69) is 0 Å². The first-order chi connectivity index (χ1) is 9.35. The van der Waals surface area contributed by atoms with Crippen LogP contribution in [0.1, 0.15) is 32.1 Å². The van der Waals surface area contributed by atoms with Crippen LogP contribution in [0.3, 0.4) is 0 Å². The highest BCUT2D eigenvalue weighted by Gasteiger charge is 2.33. The zero-order valence-corrected chi connectivity index (χ0v) is 12.8. The van der Waals surface area contributed by atoms with Gasteiger partial charge >= 0.3 is 5.97 Å². The first kappa shape index (κ1) is 17.2. The zero-order chi connectivity index (χ0) is 15.2. The van der Waals surface area contributed by atoms with Gasteiger partial charge in [-0.1, -0.05) is 6.42 Å². The topological polar surface area (TPSA) is 91.8 Å². The molecule has 0 spiro atoms. The molecule has 1 rings (SSSR count). The summed E-state index contributed by atoms with van der Waals surface area (Å²) in [7, 11) is -3.04. The van der Waals surface area contributed by atoms with Crippen molar-refractivity contribution in [2.45, 2.75) is 38.1 Å². The third-order valence-electron chi connectivity index (χ3n) is 3.37. The smallest absolute Gasteiger partial charge is 0.303 e. The molecule has 1 fully saturated rings. The maximum Gasteiger partial charge on any atom is 0.303 e. The number of carboxylic acid groups (broad SMARTS) is 1. The average molecular weight is 326 g/mol. The fourth-order valence-corrected chi connectivity index (χ4v) is 4.23. The molecule has 0 aromatic heterocycles. The summed E-state index contributed by atoms with van der Waals surface area (Å²) in [6.07, 6.45) is 2.48. The number of carbonyl (C=O) groups excluding carboxylic acids is 1. The lowest BCUT2D eigenvalue weighted by atomic mass is 10.1. The van der Waals surface area contributed by atoms with Gasteiger partial charge in [-0.15, -0.1) is 11.6 Å². The number of hydrogen-bond donors (Lipinski definition) is 1. The van der Waals surface area contributed by atoms with Crippen molar-refractivity contribution in [3.63, 3.8) is 0 Å². The number of unbranched alkanes of at least 4 members (excludes halogenated alkanes) is 2. The van der Waals surface area contributed by atoms with Gasteiger partial charge in [0.1, 0.15) is 5.88 Å². The largest absolute Gasteiger partial charge is 0.481 e. The predicted octanol–water partition coefficient (Wildman–Crippen LogP) is 0.886. The van der Waals surface area contributed by atoms with Crippen LogP contribution in [0.2, 0.25) is 0 Å². The molecule has 0 bridgehead atoms. The molecule has 1 N–H and O–H groups in total. The van der Waals surface area contributed by atoms with Gasteiger partial charge in [0.05, 0.1) is 11.5 Å². The lowest BCUT2D eigenvalue weighted by molar-refractivity contribution is -0.137. The van der Waals surface area contributed by atoms with Crippen LogP contribution >= 0.6 is 11.6 Å². The molecule has 1 aliphatic rings. The lowest BCUT2D eigenvalue weighted by Crippen LogP contribution is -2.42. The molecule has 1 aliphatic heterocycles. The molecule has 0 aromatic carbocycles. The van der Waals surface area contributed by atoms with Crippen LogP contribution in [0.25, 0.3) is 0 Å². The van der Waals surface area contributed by atoms with Gasteiger partial charge in [0.25, 0.3) is 0 Å². The molecule has 8 heteroatoms. The minimum Gasteiger partial charge on any atom is -0.481 e. The van der Waals surface area contributed by atoms with E-state index in [0.717, 1.165) is 0 Å².